The molecule has 0 unspecified atom stereocenters. The maximum absolute atomic E-state index is 9.48. The van der Waals surface area contributed by atoms with Crippen molar-refractivity contribution in [3.8, 4) is 5.75 Å². The van der Waals surface area contributed by atoms with Gasteiger partial charge in [-0.05, 0) is 36.3 Å². The van der Waals surface area contributed by atoms with Gasteiger partial charge in [-0.3, -0.25) is 0 Å². The maximum atomic E-state index is 9.48. The first-order valence-corrected chi connectivity index (χ1v) is 6.06. The van der Waals surface area contributed by atoms with Crippen molar-refractivity contribution >= 4 is 0 Å². The molecule has 0 spiro atoms. The second kappa shape index (κ2) is 4.73. The van der Waals surface area contributed by atoms with E-state index in [1.54, 1.807) is 24.3 Å². The van der Waals surface area contributed by atoms with Crippen LogP contribution in [0.15, 0.2) is 59.9 Å². The summed E-state index contributed by atoms with van der Waals surface area (Å²) in [6.07, 6.45) is 8.20. The molecule has 0 aromatic heterocycles. The fraction of sp³-hybridized carbons (Fsp3) is 0.250. The molecule has 0 bridgehead atoms. The average molecular weight is 242 g/mol. The van der Waals surface area contributed by atoms with Crippen LogP contribution in [0.4, 0.5) is 0 Å². The smallest absolute Gasteiger partial charge is 0.115 e. The van der Waals surface area contributed by atoms with Crippen LogP contribution in [0.5, 0.6) is 5.75 Å². The minimum Gasteiger partial charge on any atom is -0.508 e. The first kappa shape index (κ1) is 12.5. The zero-order valence-corrected chi connectivity index (χ0v) is 10.7. The van der Waals surface area contributed by atoms with Crippen molar-refractivity contribution in [2.24, 2.45) is 0 Å². The van der Waals surface area contributed by atoms with Gasteiger partial charge in [-0.1, -0.05) is 43.7 Å². The molecular weight excluding hydrogens is 224 g/mol. The number of hydrogen-bond acceptors (Lipinski definition) is 2. The summed E-state index contributed by atoms with van der Waals surface area (Å²) in [7, 11) is 0. The molecule has 2 nitrogen and oxygen atoms in total. The summed E-state index contributed by atoms with van der Waals surface area (Å²) in [5, 5.41) is 18.8. The highest BCUT2D eigenvalue weighted by atomic mass is 16.3. The second-order valence-corrected chi connectivity index (χ2v) is 5.06. The Labute approximate surface area is 108 Å². The van der Waals surface area contributed by atoms with Crippen molar-refractivity contribution in [2.75, 3.05) is 0 Å². The molecule has 2 N–H and O–H groups in total. The highest BCUT2D eigenvalue weighted by Crippen LogP contribution is 2.35. The van der Waals surface area contributed by atoms with Gasteiger partial charge in [0, 0.05) is 5.41 Å². The summed E-state index contributed by atoms with van der Waals surface area (Å²) >= 11 is 0. The van der Waals surface area contributed by atoms with Crippen LogP contribution in [0.2, 0.25) is 0 Å². The summed E-state index contributed by atoms with van der Waals surface area (Å²) in [6.45, 7) is 4.30. The number of aliphatic hydroxyl groups excluding tert-OH is 1. The molecule has 0 saturated carbocycles. The van der Waals surface area contributed by atoms with Gasteiger partial charge < -0.3 is 10.2 Å². The predicted octanol–water partition coefficient (Wildman–Crippen LogP) is 4.00. The number of rotatable bonds is 2. The van der Waals surface area contributed by atoms with Crippen LogP contribution in [-0.2, 0) is 5.41 Å². The second-order valence-electron chi connectivity index (χ2n) is 5.06. The number of aliphatic hydroxyl groups is 1. The van der Waals surface area contributed by atoms with Crippen molar-refractivity contribution < 1.29 is 10.2 Å². The topological polar surface area (TPSA) is 40.5 Å². The summed E-state index contributed by atoms with van der Waals surface area (Å²) in [4.78, 5) is 0. The van der Waals surface area contributed by atoms with E-state index in [1.807, 2.05) is 24.3 Å². The van der Waals surface area contributed by atoms with Gasteiger partial charge in [0.05, 0.1) is 0 Å². The van der Waals surface area contributed by atoms with Gasteiger partial charge in [-0.15, -0.1) is 0 Å². The minimum atomic E-state index is -0.126. The summed E-state index contributed by atoms with van der Waals surface area (Å²) in [5.74, 6) is 0.563. The maximum Gasteiger partial charge on any atom is 0.115 e. The molecule has 0 heterocycles. The largest absolute Gasteiger partial charge is 0.508 e. The van der Waals surface area contributed by atoms with Crippen LogP contribution in [-0.4, -0.2) is 10.2 Å². The number of hydrogen-bond donors (Lipinski definition) is 2. The highest BCUT2D eigenvalue weighted by molar-refractivity contribution is 5.41. The van der Waals surface area contributed by atoms with Crippen molar-refractivity contribution in [3.63, 3.8) is 0 Å². The van der Waals surface area contributed by atoms with Gasteiger partial charge >= 0.3 is 0 Å². The lowest BCUT2D eigenvalue weighted by Gasteiger charge is -2.28. The van der Waals surface area contributed by atoms with Crippen LogP contribution in [0.3, 0.4) is 0 Å². The number of allylic oxidation sites excluding steroid dienone is 5. The fourth-order valence-electron chi connectivity index (χ4n) is 2.14. The molecule has 1 aromatic carbocycles. The lowest BCUT2D eigenvalue weighted by molar-refractivity contribution is 0.432. The van der Waals surface area contributed by atoms with E-state index in [2.05, 4.69) is 13.8 Å². The molecule has 94 valence electrons. The molecular formula is C16H18O2. The zero-order valence-electron chi connectivity index (χ0n) is 10.7. The van der Waals surface area contributed by atoms with E-state index in [1.165, 1.54) is 5.57 Å². The molecule has 0 atom stereocenters. The van der Waals surface area contributed by atoms with Crippen LogP contribution in [0, 0.1) is 0 Å². The number of phenols is 1. The monoisotopic (exact) mass is 242 g/mol. The van der Waals surface area contributed by atoms with E-state index >= 15 is 0 Å². The van der Waals surface area contributed by atoms with Crippen LogP contribution in [0.1, 0.15) is 25.8 Å². The van der Waals surface area contributed by atoms with Gasteiger partial charge in [-0.25, -0.2) is 0 Å². The summed E-state index contributed by atoms with van der Waals surface area (Å²) < 4.78 is 0. The zero-order chi connectivity index (χ0) is 13.2. The van der Waals surface area contributed by atoms with Crippen molar-refractivity contribution in [3.05, 3.63) is 65.5 Å². The van der Waals surface area contributed by atoms with E-state index in [0.717, 1.165) is 12.0 Å². The molecule has 0 radical (unpaired) electrons. The normalized spacial score (nSPS) is 15.9. The summed E-state index contributed by atoms with van der Waals surface area (Å²) in [6, 6.07) is 7.29. The SMILES string of the molecule is CC(C)(C1=CC=C(O)C=CC1)c1ccc(O)cc1. The van der Waals surface area contributed by atoms with Gasteiger partial charge in [0.25, 0.3) is 0 Å². The standard InChI is InChI=1S/C16H18O2/c1-16(2,13-7-10-15(18)11-8-13)12-4-3-5-14(17)9-6-12/h3,5-11,17-18H,4H2,1-2H3. The van der Waals surface area contributed by atoms with E-state index in [0.29, 0.717) is 0 Å². The van der Waals surface area contributed by atoms with Crippen LogP contribution in [0.25, 0.3) is 0 Å². The quantitative estimate of drug-likeness (QED) is 0.823. The Morgan fingerprint density at radius 3 is 2.33 bits per heavy atom. The third-order valence-corrected chi connectivity index (χ3v) is 3.47. The predicted molar refractivity (Wildman–Crippen MR) is 73.7 cm³/mol. The molecule has 18 heavy (non-hydrogen) atoms. The van der Waals surface area contributed by atoms with Gasteiger partial charge in [-0.2, -0.15) is 0 Å². The van der Waals surface area contributed by atoms with Crippen LogP contribution >= 0.6 is 0 Å². The third kappa shape index (κ3) is 2.48. The minimum absolute atomic E-state index is 0.126. The summed E-state index contributed by atoms with van der Waals surface area (Å²) in [5.41, 5.74) is 2.25. The Kier molecular flexibility index (Phi) is 3.28. The Morgan fingerprint density at radius 2 is 1.67 bits per heavy atom. The highest BCUT2D eigenvalue weighted by Gasteiger charge is 2.24. The molecule has 2 heteroatoms. The van der Waals surface area contributed by atoms with Gasteiger partial charge in [0.15, 0.2) is 0 Å². The molecule has 2 rings (SSSR count). The molecule has 0 amide bonds. The van der Waals surface area contributed by atoms with E-state index < -0.39 is 0 Å². The van der Waals surface area contributed by atoms with E-state index in [9.17, 15) is 10.2 Å². The third-order valence-electron chi connectivity index (χ3n) is 3.47. The molecule has 1 aliphatic carbocycles. The Morgan fingerprint density at radius 1 is 1.00 bits per heavy atom. The van der Waals surface area contributed by atoms with Crippen LogP contribution < -0.4 is 0 Å². The van der Waals surface area contributed by atoms with E-state index in [4.69, 9.17) is 0 Å². The first-order valence-electron chi connectivity index (χ1n) is 6.06. The molecule has 1 aliphatic rings. The van der Waals surface area contributed by atoms with Crippen molar-refractivity contribution in [1.29, 1.82) is 0 Å². The number of benzene rings is 1. The van der Waals surface area contributed by atoms with Crippen molar-refractivity contribution in [1.82, 2.24) is 0 Å². The Balaban J connectivity index is 2.36. The Hall–Kier alpha value is -1.96. The first-order chi connectivity index (χ1) is 8.50. The number of aromatic hydroxyl groups is 1. The molecule has 0 aliphatic heterocycles. The lowest BCUT2D eigenvalue weighted by Crippen LogP contribution is -2.20. The lowest BCUT2D eigenvalue weighted by atomic mass is 9.76. The molecule has 1 aromatic rings. The van der Waals surface area contributed by atoms with Gasteiger partial charge in [0.1, 0.15) is 11.5 Å². The number of phenolic OH excluding ortho intramolecular Hbond substituents is 1. The average Bonchev–Trinajstić information content (AvgIpc) is 2.55. The Bertz CT molecular complexity index is 517. The molecule has 0 fully saturated rings. The molecule has 0 saturated heterocycles. The van der Waals surface area contributed by atoms with Crippen molar-refractivity contribution in [2.45, 2.75) is 25.7 Å². The fourth-order valence-corrected chi connectivity index (χ4v) is 2.14. The van der Waals surface area contributed by atoms with E-state index in [-0.39, 0.29) is 16.9 Å². The van der Waals surface area contributed by atoms with Gasteiger partial charge in [0.2, 0.25) is 0 Å².